The molecule has 0 saturated heterocycles. The topological polar surface area (TPSA) is 70.5 Å². The van der Waals surface area contributed by atoms with Crippen molar-refractivity contribution in [3.05, 3.63) is 51.5 Å². The van der Waals surface area contributed by atoms with Crippen LogP contribution in [-0.2, 0) is 17.8 Å². The van der Waals surface area contributed by atoms with E-state index in [1.54, 1.807) is 53.1 Å². The predicted molar refractivity (Wildman–Crippen MR) is 85.0 cm³/mol. The maximum Gasteiger partial charge on any atom is 0.335 e. The van der Waals surface area contributed by atoms with Crippen LogP contribution in [0.25, 0.3) is 0 Å². The first kappa shape index (κ1) is 16.2. The highest BCUT2D eigenvalue weighted by Crippen LogP contribution is 2.15. The molecular formula is C16H18N2O3S. The zero-order valence-corrected chi connectivity index (χ0v) is 13.4. The number of nitrogens with zero attached hydrogens (tertiary/aromatic N) is 2. The highest BCUT2D eigenvalue weighted by atomic mass is 32.1. The van der Waals surface area contributed by atoms with Crippen molar-refractivity contribution in [2.75, 3.05) is 7.05 Å². The van der Waals surface area contributed by atoms with E-state index in [4.69, 9.17) is 5.11 Å². The number of benzene rings is 1. The normalized spacial score (nSPS) is 10.5. The largest absolute Gasteiger partial charge is 0.478 e. The van der Waals surface area contributed by atoms with Crippen LogP contribution in [0.5, 0.6) is 0 Å². The van der Waals surface area contributed by atoms with E-state index in [9.17, 15) is 9.59 Å². The number of aromatic carboxylic acids is 1. The number of amides is 1. The van der Waals surface area contributed by atoms with E-state index in [1.165, 1.54) is 0 Å². The average molecular weight is 318 g/mol. The number of carbonyl (C=O) groups excluding carboxylic acids is 1. The van der Waals surface area contributed by atoms with Gasteiger partial charge in [-0.2, -0.15) is 0 Å². The molecule has 1 heterocycles. The van der Waals surface area contributed by atoms with Crippen molar-refractivity contribution in [3.8, 4) is 0 Å². The first-order chi connectivity index (χ1) is 10.5. The number of aromatic nitrogens is 1. The zero-order valence-electron chi connectivity index (χ0n) is 12.6. The quantitative estimate of drug-likeness (QED) is 0.889. The average Bonchev–Trinajstić information content (AvgIpc) is 2.90. The van der Waals surface area contributed by atoms with Crippen LogP contribution in [-0.4, -0.2) is 33.9 Å². The molecule has 0 aliphatic rings. The van der Waals surface area contributed by atoms with Crippen molar-refractivity contribution >= 4 is 23.2 Å². The minimum absolute atomic E-state index is 0.0649. The Morgan fingerprint density at radius 2 is 1.95 bits per heavy atom. The molecule has 2 rings (SSSR count). The first-order valence-electron chi connectivity index (χ1n) is 6.92. The van der Waals surface area contributed by atoms with Gasteiger partial charge in [-0.05, 0) is 31.0 Å². The van der Waals surface area contributed by atoms with E-state index in [0.717, 1.165) is 16.1 Å². The Bertz CT molecular complexity index is 664. The summed E-state index contributed by atoms with van der Waals surface area (Å²) >= 11 is 1.55. The van der Waals surface area contributed by atoms with Gasteiger partial charge in [0.2, 0.25) is 5.91 Å². The second-order valence-electron chi connectivity index (χ2n) is 5.11. The van der Waals surface area contributed by atoms with E-state index in [0.29, 0.717) is 19.4 Å². The Labute approximate surface area is 133 Å². The summed E-state index contributed by atoms with van der Waals surface area (Å²) < 4.78 is 0. The van der Waals surface area contributed by atoms with E-state index in [2.05, 4.69) is 4.98 Å². The molecular weight excluding hydrogens is 300 g/mol. The number of hydrogen-bond donors (Lipinski definition) is 1. The molecule has 0 atom stereocenters. The van der Waals surface area contributed by atoms with Crippen LogP contribution in [0, 0.1) is 6.92 Å². The molecule has 0 fully saturated rings. The van der Waals surface area contributed by atoms with Crippen molar-refractivity contribution in [2.24, 2.45) is 0 Å². The number of carbonyl (C=O) groups is 2. The molecule has 0 spiro atoms. The number of thiazole rings is 1. The lowest BCUT2D eigenvalue weighted by Gasteiger charge is -2.16. The van der Waals surface area contributed by atoms with Crippen LogP contribution in [0.15, 0.2) is 29.8 Å². The predicted octanol–water partition coefficient (Wildman–Crippen LogP) is 2.74. The molecule has 0 radical (unpaired) electrons. The number of aryl methyl sites for hydroxylation is 2. The smallest absolute Gasteiger partial charge is 0.335 e. The summed E-state index contributed by atoms with van der Waals surface area (Å²) in [5.41, 5.74) is 3.97. The standard InChI is InChI=1S/C16H18N2O3S/c1-11-14(22-10-17-11)9-18(2)15(19)8-5-12-3-6-13(7-4-12)16(20)21/h3-4,6-7,10H,5,8-9H2,1-2H3,(H,20,21). The maximum atomic E-state index is 12.1. The highest BCUT2D eigenvalue weighted by Gasteiger charge is 2.12. The van der Waals surface area contributed by atoms with Gasteiger partial charge in [-0.1, -0.05) is 12.1 Å². The molecule has 0 aliphatic carbocycles. The van der Waals surface area contributed by atoms with Crippen LogP contribution in [0.1, 0.15) is 32.9 Å². The van der Waals surface area contributed by atoms with Gasteiger partial charge < -0.3 is 10.0 Å². The van der Waals surface area contributed by atoms with Crippen molar-refractivity contribution in [1.29, 1.82) is 0 Å². The summed E-state index contributed by atoms with van der Waals surface area (Å²) in [6.45, 7) is 2.52. The van der Waals surface area contributed by atoms with Crippen LogP contribution in [0.4, 0.5) is 0 Å². The van der Waals surface area contributed by atoms with Crippen LogP contribution in [0.3, 0.4) is 0 Å². The SMILES string of the molecule is Cc1ncsc1CN(C)C(=O)CCc1ccc(C(=O)O)cc1. The molecule has 1 amide bonds. The fourth-order valence-electron chi connectivity index (χ4n) is 2.04. The molecule has 116 valence electrons. The molecule has 0 unspecified atom stereocenters. The zero-order chi connectivity index (χ0) is 16.1. The van der Waals surface area contributed by atoms with Gasteiger partial charge in [0.25, 0.3) is 0 Å². The van der Waals surface area contributed by atoms with Gasteiger partial charge in [0.05, 0.1) is 23.3 Å². The van der Waals surface area contributed by atoms with Crippen LogP contribution in [0.2, 0.25) is 0 Å². The van der Waals surface area contributed by atoms with Gasteiger partial charge in [0, 0.05) is 18.3 Å². The first-order valence-corrected chi connectivity index (χ1v) is 7.80. The summed E-state index contributed by atoms with van der Waals surface area (Å²) in [5, 5.41) is 8.85. The summed E-state index contributed by atoms with van der Waals surface area (Å²) in [6.07, 6.45) is 1.01. The Morgan fingerprint density at radius 3 is 2.50 bits per heavy atom. The minimum atomic E-state index is -0.942. The van der Waals surface area contributed by atoms with E-state index in [1.807, 2.05) is 6.92 Å². The number of hydrogen-bond acceptors (Lipinski definition) is 4. The fraction of sp³-hybridized carbons (Fsp3) is 0.312. The van der Waals surface area contributed by atoms with Crippen LogP contribution < -0.4 is 0 Å². The molecule has 22 heavy (non-hydrogen) atoms. The van der Waals surface area contributed by atoms with Crippen molar-refractivity contribution in [1.82, 2.24) is 9.88 Å². The lowest BCUT2D eigenvalue weighted by Crippen LogP contribution is -2.26. The summed E-state index contributed by atoms with van der Waals surface area (Å²) in [5.74, 6) is -0.877. The maximum absolute atomic E-state index is 12.1. The lowest BCUT2D eigenvalue weighted by atomic mass is 10.1. The van der Waals surface area contributed by atoms with Crippen molar-refractivity contribution in [3.63, 3.8) is 0 Å². The second-order valence-corrected chi connectivity index (χ2v) is 6.05. The van der Waals surface area contributed by atoms with Crippen LogP contribution >= 0.6 is 11.3 Å². The van der Waals surface area contributed by atoms with Gasteiger partial charge in [-0.3, -0.25) is 4.79 Å². The summed E-state index contributed by atoms with van der Waals surface area (Å²) in [4.78, 5) is 29.9. The van der Waals surface area contributed by atoms with Crippen molar-refractivity contribution in [2.45, 2.75) is 26.3 Å². The lowest BCUT2D eigenvalue weighted by molar-refractivity contribution is -0.130. The summed E-state index contributed by atoms with van der Waals surface area (Å²) in [6, 6.07) is 6.63. The van der Waals surface area contributed by atoms with Gasteiger partial charge in [0.15, 0.2) is 0 Å². The van der Waals surface area contributed by atoms with Gasteiger partial charge in [-0.15, -0.1) is 11.3 Å². The Kier molecular flexibility index (Phi) is 5.27. The Balaban J connectivity index is 1.86. The third kappa shape index (κ3) is 4.14. The third-order valence-electron chi connectivity index (χ3n) is 3.48. The minimum Gasteiger partial charge on any atom is -0.478 e. The van der Waals surface area contributed by atoms with Gasteiger partial charge >= 0.3 is 5.97 Å². The summed E-state index contributed by atoms with van der Waals surface area (Å²) in [7, 11) is 1.79. The number of carboxylic acids is 1. The fourth-order valence-corrected chi connectivity index (χ4v) is 2.87. The Hall–Kier alpha value is -2.21. The van der Waals surface area contributed by atoms with E-state index < -0.39 is 5.97 Å². The number of rotatable bonds is 6. The third-order valence-corrected chi connectivity index (χ3v) is 4.40. The molecule has 1 N–H and O–H groups in total. The molecule has 0 bridgehead atoms. The molecule has 5 nitrogen and oxygen atoms in total. The monoisotopic (exact) mass is 318 g/mol. The molecule has 6 heteroatoms. The molecule has 0 aliphatic heterocycles. The van der Waals surface area contributed by atoms with E-state index >= 15 is 0 Å². The Morgan fingerprint density at radius 1 is 1.27 bits per heavy atom. The molecule has 2 aromatic rings. The molecule has 1 aromatic carbocycles. The molecule has 1 aromatic heterocycles. The van der Waals surface area contributed by atoms with Crippen molar-refractivity contribution < 1.29 is 14.7 Å². The number of carboxylic acid groups (broad SMARTS) is 1. The van der Waals surface area contributed by atoms with Gasteiger partial charge in [-0.25, -0.2) is 9.78 Å². The second kappa shape index (κ2) is 7.17. The molecule has 0 saturated carbocycles. The highest BCUT2D eigenvalue weighted by molar-refractivity contribution is 7.09. The van der Waals surface area contributed by atoms with Gasteiger partial charge in [0.1, 0.15) is 0 Å². The van der Waals surface area contributed by atoms with E-state index in [-0.39, 0.29) is 11.5 Å².